The Morgan fingerprint density at radius 1 is 1.15 bits per heavy atom. The van der Waals surface area contributed by atoms with Crippen molar-refractivity contribution < 1.29 is 14.0 Å². The monoisotopic (exact) mass is 331 g/mol. The Balaban J connectivity index is 1.91. The summed E-state index contributed by atoms with van der Waals surface area (Å²) in [6.07, 6.45) is 1.64. The number of carbonyl (C=O) groups excluding carboxylic acids is 1. The van der Waals surface area contributed by atoms with E-state index in [9.17, 15) is 4.79 Å². The fourth-order valence-corrected chi connectivity index (χ4v) is 2.13. The molecular formula is C15H10BrNO3. The van der Waals surface area contributed by atoms with Crippen molar-refractivity contribution in [3.8, 4) is 11.3 Å². The van der Waals surface area contributed by atoms with Crippen LogP contribution in [0.4, 0.5) is 0 Å². The Kier molecular flexibility index (Phi) is 3.28. The van der Waals surface area contributed by atoms with Gasteiger partial charge >= 0.3 is 5.97 Å². The van der Waals surface area contributed by atoms with Crippen LogP contribution < -0.4 is 0 Å². The molecule has 0 bridgehead atoms. The van der Waals surface area contributed by atoms with Crippen LogP contribution in [0.1, 0.15) is 12.7 Å². The minimum Gasteiger partial charge on any atom is -0.457 e. The van der Waals surface area contributed by atoms with E-state index < -0.39 is 5.97 Å². The lowest BCUT2D eigenvalue weighted by Crippen LogP contribution is -2.01. The highest BCUT2D eigenvalue weighted by Gasteiger charge is 2.22. The molecule has 0 saturated heterocycles. The van der Waals surface area contributed by atoms with Gasteiger partial charge in [-0.3, -0.25) is 0 Å². The van der Waals surface area contributed by atoms with Gasteiger partial charge in [0, 0.05) is 10.0 Å². The Labute approximate surface area is 123 Å². The number of nitrogens with zero attached hydrogens (tertiary/aromatic N) is 1. The predicted molar refractivity (Wildman–Crippen MR) is 79.0 cm³/mol. The van der Waals surface area contributed by atoms with E-state index in [2.05, 4.69) is 25.9 Å². The summed E-state index contributed by atoms with van der Waals surface area (Å²) >= 11 is 3.39. The van der Waals surface area contributed by atoms with Crippen LogP contribution in [0.25, 0.3) is 17.4 Å². The summed E-state index contributed by atoms with van der Waals surface area (Å²) in [5.41, 5.74) is 1.94. The van der Waals surface area contributed by atoms with Crippen molar-refractivity contribution in [3.05, 3.63) is 52.2 Å². The van der Waals surface area contributed by atoms with Crippen LogP contribution in [0.15, 0.2) is 56.0 Å². The summed E-state index contributed by atoms with van der Waals surface area (Å²) in [5, 5.41) is 3.62. The van der Waals surface area contributed by atoms with Gasteiger partial charge in [-0.25, -0.2) is 4.79 Å². The number of carbonyl (C=O) groups is 1. The lowest BCUT2D eigenvalue weighted by atomic mass is 10.1. The molecule has 5 heteroatoms. The lowest BCUT2D eigenvalue weighted by Gasteiger charge is -1.97. The minimum atomic E-state index is -0.455. The first-order chi connectivity index (χ1) is 9.63. The molecule has 4 nitrogen and oxygen atoms in total. The Hall–Kier alpha value is -2.14. The molecule has 0 N–H and O–H groups in total. The molecule has 2 aromatic rings. The first kappa shape index (κ1) is 12.9. The van der Waals surface area contributed by atoms with E-state index in [0.29, 0.717) is 17.0 Å². The van der Waals surface area contributed by atoms with E-state index >= 15 is 0 Å². The molecule has 1 aliphatic rings. The quantitative estimate of drug-likeness (QED) is 0.616. The molecule has 3 rings (SSSR count). The fourth-order valence-electron chi connectivity index (χ4n) is 1.86. The van der Waals surface area contributed by atoms with E-state index in [1.807, 2.05) is 36.4 Å². The van der Waals surface area contributed by atoms with Crippen LogP contribution in [0.3, 0.4) is 0 Å². The largest absolute Gasteiger partial charge is 0.457 e. The maximum Gasteiger partial charge on any atom is 0.367 e. The number of hydrogen-bond acceptors (Lipinski definition) is 4. The average Bonchev–Trinajstić information content (AvgIpc) is 3.02. The van der Waals surface area contributed by atoms with Crippen molar-refractivity contribution in [1.29, 1.82) is 0 Å². The second-order valence-electron chi connectivity index (χ2n) is 4.32. The normalized spacial score (nSPS) is 16.4. The molecule has 0 amide bonds. The van der Waals surface area contributed by atoms with Crippen molar-refractivity contribution in [3.63, 3.8) is 0 Å². The summed E-state index contributed by atoms with van der Waals surface area (Å²) in [6.45, 7) is 1.72. The summed E-state index contributed by atoms with van der Waals surface area (Å²) in [4.78, 5) is 16.0. The van der Waals surface area contributed by atoms with Crippen LogP contribution in [-0.2, 0) is 9.63 Å². The number of hydrogen-bond donors (Lipinski definition) is 0. The smallest absolute Gasteiger partial charge is 0.367 e. The summed E-state index contributed by atoms with van der Waals surface area (Å²) in [6, 6.07) is 11.5. The predicted octanol–water partition coefficient (Wildman–Crippen LogP) is 4.03. The SMILES string of the molecule is CC1=NOC(=O)/C1=C\c1ccc(-c2ccc(Br)cc2)o1. The summed E-state index contributed by atoms with van der Waals surface area (Å²) < 4.78 is 6.72. The van der Waals surface area contributed by atoms with Gasteiger partial charge < -0.3 is 9.25 Å². The van der Waals surface area contributed by atoms with Gasteiger partial charge in [-0.2, -0.15) is 0 Å². The van der Waals surface area contributed by atoms with Crippen LogP contribution in [0.2, 0.25) is 0 Å². The van der Waals surface area contributed by atoms with Crippen molar-refractivity contribution in [2.24, 2.45) is 5.16 Å². The van der Waals surface area contributed by atoms with Gasteiger partial charge in [0.1, 0.15) is 11.5 Å². The van der Waals surface area contributed by atoms with Gasteiger partial charge in [-0.05, 0) is 37.3 Å². The standard InChI is InChI=1S/C15H10BrNO3/c1-9-13(15(18)20-17-9)8-12-6-7-14(19-12)10-2-4-11(16)5-3-10/h2-8H,1H3/b13-8-. The van der Waals surface area contributed by atoms with E-state index in [-0.39, 0.29) is 0 Å². The zero-order valence-electron chi connectivity index (χ0n) is 10.6. The number of rotatable bonds is 2. The van der Waals surface area contributed by atoms with E-state index in [0.717, 1.165) is 15.8 Å². The molecule has 1 aromatic carbocycles. The molecule has 2 heterocycles. The Morgan fingerprint density at radius 3 is 2.55 bits per heavy atom. The molecule has 0 atom stereocenters. The van der Waals surface area contributed by atoms with Crippen LogP contribution in [-0.4, -0.2) is 11.7 Å². The topological polar surface area (TPSA) is 51.8 Å². The Morgan fingerprint density at radius 2 is 1.90 bits per heavy atom. The van der Waals surface area contributed by atoms with E-state index in [1.165, 1.54) is 0 Å². The summed E-state index contributed by atoms with van der Waals surface area (Å²) in [5.74, 6) is 0.876. The first-order valence-corrected chi connectivity index (χ1v) is 6.76. The van der Waals surface area contributed by atoms with Crippen molar-refractivity contribution in [1.82, 2.24) is 0 Å². The molecule has 1 aromatic heterocycles. The van der Waals surface area contributed by atoms with Gasteiger partial charge in [-0.1, -0.05) is 33.2 Å². The molecule has 0 aliphatic carbocycles. The van der Waals surface area contributed by atoms with E-state index in [4.69, 9.17) is 4.42 Å². The fraction of sp³-hybridized carbons (Fsp3) is 0.0667. The Bertz CT molecular complexity index is 726. The molecule has 20 heavy (non-hydrogen) atoms. The zero-order valence-corrected chi connectivity index (χ0v) is 12.2. The highest BCUT2D eigenvalue weighted by atomic mass is 79.9. The van der Waals surface area contributed by atoms with Crippen molar-refractivity contribution in [2.75, 3.05) is 0 Å². The van der Waals surface area contributed by atoms with Gasteiger partial charge in [0.05, 0.1) is 11.3 Å². The lowest BCUT2D eigenvalue weighted by molar-refractivity contribution is -0.136. The summed E-state index contributed by atoms with van der Waals surface area (Å²) in [7, 11) is 0. The molecule has 0 saturated carbocycles. The number of halogens is 1. The van der Waals surface area contributed by atoms with Gasteiger partial charge in [0.15, 0.2) is 0 Å². The minimum absolute atomic E-state index is 0.418. The second kappa shape index (κ2) is 5.09. The third-order valence-corrected chi connectivity index (χ3v) is 3.45. The van der Waals surface area contributed by atoms with Crippen molar-refractivity contribution in [2.45, 2.75) is 6.92 Å². The molecular weight excluding hydrogens is 322 g/mol. The third kappa shape index (κ3) is 2.44. The highest BCUT2D eigenvalue weighted by molar-refractivity contribution is 9.10. The first-order valence-electron chi connectivity index (χ1n) is 5.97. The van der Waals surface area contributed by atoms with E-state index in [1.54, 1.807) is 13.0 Å². The number of furan rings is 1. The van der Waals surface area contributed by atoms with Crippen LogP contribution in [0.5, 0.6) is 0 Å². The van der Waals surface area contributed by atoms with Crippen LogP contribution in [0, 0.1) is 0 Å². The maximum atomic E-state index is 11.5. The molecule has 100 valence electrons. The molecule has 0 fully saturated rings. The third-order valence-electron chi connectivity index (χ3n) is 2.92. The molecule has 0 radical (unpaired) electrons. The zero-order chi connectivity index (χ0) is 14.1. The van der Waals surface area contributed by atoms with Gasteiger partial charge in [0.2, 0.25) is 0 Å². The number of benzene rings is 1. The maximum absolute atomic E-state index is 11.5. The van der Waals surface area contributed by atoms with Gasteiger partial charge in [-0.15, -0.1) is 0 Å². The number of oxime groups is 1. The van der Waals surface area contributed by atoms with Crippen molar-refractivity contribution >= 4 is 33.7 Å². The average molecular weight is 332 g/mol. The highest BCUT2D eigenvalue weighted by Crippen LogP contribution is 2.25. The molecule has 0 unspecified atom stereocenters. The van der Waals surface area contributed by atoms with Crippen LogP contribution >= 0.6 is 15.9 Å². The van der Waals surface area contributed by atoms with Gasteiger partial charge in [0.25, 0.3) is 0 Å². The molecule has 0 spiro atoms. The molecule has 1 aliphatic heterocycles. The second-order valence-corrected chi connectivity index (χ2v) is 5.24.